The van der Waals surface area contributed by atoms with Crippen LogP contribution in [-0.4, -0.2) is 94.4 Å². The van der Waals surface area contributed by atoms with Crippen LogP contribution in [0.2, 0.25) is 0 Å². The number of nitrogens with zero attached hydrogens (tertiary/aromatic N) is 6. The first-order chi connectivity index (χ1) is 16.0. The molecule has 4 atom stereocenters. The highest BCUT2D eigenvalue weighted by atomic mass is 16.5. The lowest BCUT2D eigenvalue weighted by Gasteiger charge is -2.53. The third-order valence-electron chi connectivity index (χ3n) is 7.59. The number of fused-ring (bicyclic) bond motifs is 4. The maximum atomic E-state index is 12.4. The van der Waals surface area contributed by atoms with Crippen molar-refractivity contribution in [1.29, 1.82) is 0 Å². The molecule has 1 N–H and O–H groups in total. The van der Waals surface area contributed by atoms with Crippen LogP contribution in [0.25, 0.3) is 10.9 Å². The Hall–Kier alpha value is -3.36. The maximum absolute atomic E-state index is 12.4. The SMILES string of the molecule is CC1CN2c3c4c(nc5ccncc35)OC([C@@H]3CCCN3C)CN4C(=C=O)C2CN1C(=O)O. The van der Waals surface area contributed by atoms with E-state index in [4.69, 9.17) is 9.72 Å². The maximum Gasteiger partial charge on any atom is 0.407 e. The molecule has 6 heterocycles. The third kappa shape index (κ3) is 2.91. The van der Waals surface area contributed by atoms with Crippen LogP contribution in [0.1, 0.15) is 19.8 Å². The number of hydrogen-bond acceptors (Lipinski definition) is 8. The molecule has 4 aliphatic rings. The van der Waals surface area contributed by atoms with Gasteiger partial charge in [0.05, 0.1) is 30.3 Å². The molecule has 0 radical (unpaired) electrons. The van der Waals surface area contributed by atoms with Gasteiger partial charge in [-0.2, -0.15) is 0 Å². The first-order valence-corrected chi connectivity index (χ1v) is 11.4. The molecule has 0 aliphatic carbocycles. The molecule has 4 aliphatic heterocycles. The first-order valence-electron chi connectivity index (χ1n) is 11.4. The molecule has 2 fully saturated rings. The molecule has 2 aromatic heterocycles. The second-order valence-corrected chi connectivity index (χ2v) is 9.40. The topological polar surface area (TPSA) is 102 Å². The molecule has 0 bridgehead atoms. The average molecular weight is 450 g/mol. The molecule has 2 saturated heterocycles. The Labute approximate surface area is 191 Å². The van der Waals surface area contributed by atoms with Crippen LogP contribution >= 0.6 is 0 Å². The third-order valence-corrected chi connectivity index (χ3v) is 7.59. The predicted octanol–water partition coefficient (Wildman–Crippen LogP) is 1.58. The monoisotopic (exact) mass is 450 g/mol. The summed E-state index contributed by atoms with van der Waals surface area (Å²) in [6.07, 6.45) is 4.49. The first kappa shape index (κ1) is 20.3. The fourth-order valence-corrected chi connectivity index (χ4v) is 5.98. The molecule has 33 heavy (non-hydrogen) atoms. The van der Waals surface area contributed by atoms with Crippen molar-refractivity contribution in [3.63, 3.8) is 0 Å². The van der Waals surface area contributed by atoms with Crippen molar-refractivity contribution in [3.8, 4) is 5.88 Å². The van der Waals surface area contributed by atoms with Gasteiger partial charge in [-0.15, -0.1) is 0 Å². The summed E-state index contributed by atoms with van der Waals surface area (Å²) in [6.45, 7) is 4.05. The van der Waals surface area contributed by atoms with Gasteiger partial charge in [0.1, 0.15) is 23.4 Å². The molecule has 6 rings (SSSR count). The number of carbonyl (C=O) groups is 1. The molecule has 1 amide bonds. The number of hydrogen-bond donors (Lipinski definition) is 1. The van der Waals surface area contributed by atoms with Gasteiger partial charge in [-0.3, -0.25) is 9.88 Å². The molecule has 10 nitrogen and oxygen atoms in total. The summed E-state index contributed by atoms with van der Waals surface area (Å²) in [5.41, 5.74) is 2.88. The van der Waals surface area contributed by atoms with E-state index in [2.05, 4.69) is 27.8 Å². The molecule has 0 aromatic carbocycles. The van der Waals surface area contributed by atoms with Crippen molar-refractivity contribution < 1.29 is 19.4 Å². The lowest BCUT2D eigenvalue weighted by atomic mass is 9.95. The Balaban J connectivity index is 1.55. The lowest BCUT2D eigenvalue weighted by Crippen LogP contribution is -2.64. The van der Waals surface area contributed by atoms with Crippen LogP contribution in [0.3, 0.4) is 0 Å². The lowest BCUT2D eigenvalue weighted by molar-refractivity contribution is 0.0969. The minimum atomic E-state index is -0.979. The fraction of sp³-hybridized carbons (Fsp3) is 0.522. The van der Waals surface area contributed by atoms with Crippen molar-refractivity contribution in [1.82, 2.24) is 19.8 Å². The number of carbonyl (C=O) groups excluding carboxylic acids is 1. The van der Waals surface area contributed by atoms with Crippen LogP contribution in [0.5, 0.6) is 5.88 Å². The van der Waals surface area contributed by atoms with Gasteiger partial charge in [0.25, 0.3) is 0 Å². The van der Waals surface area contributed by atoms with Crippen LogP contribution < -0.4 is 14.5 Å². The number of anilines is 2. The molecule has 2 aromatic rings. The largest absolute Gasteiger partial charge is 0.469 e. The van der Waals surface area contributed by atoms with E-state index in [1.54, 1.807) is 12.4 Å². The Bertz CT molecular complexity index is 1200. The zero-order valence-corrected chi connectivity index (χ0v) is 18.6. The molecular formula is C23H26N6O4. The van der Waals surface area contributed by atoms with Crippen molar-refractivity contribution in [2.45, 2.75) is 44.0 Å². The Morgan fingerprint density at radius 2 is 2.12 bits per heavy atom. The van der Waals surface area contributed by atoms with E-state index in [1.165, 1.54) is 4.90 Å². The Morgan fingerprint density at radius 1 is 1.27 bits per heavy atom. The Kier molecular flexibility index (Phi) is 4.50. The van der Waals surface area contributed by atoms with Crippen LogP contribution in [-0.2, 0) is 4.79 Å². The molecular weight excluding hydrogens is 424 g/mol. The normalized spacial score (nSPS) is 28.9. The minimum absolute atomic E-state index is 0.155. The van der Waals surface area contributed by atoms with E-state index in [-0.39, 0.29) is 24.7 Å². The van der Waals surface area contributed by atoms with Gasteiger partial charge in [0.2, 0.25) is 5.88 Å². The van der Waals surface area contributed by atoms with Gasteiger partial charge >= 0.3 is 6.09 Å². The van der Waals surface area contributed by atoms with Crippen molar-refractivity contribution in [2.24, 2.45) is 0 Å². The summed E-state index contributed by atoms with van der Waals surface area (Å²) in [6, 6.07) is 1.42. The number of likely N-dealkylation sites (N-methyl/N-ethyl adjacent to an activating group) is 1. The number of carboxylic acid groups (broad SMARTS) is 1. The van der Waals surface area contributed by atoms with E-state index >= 15 is 0 Å². The van der Waals surface area contributed by atoms with Crippen molar-refractivity contribution >= 4 is 34.3 Å². The quantitative estimate of drug-likeness (QED) is 0.649. The van der Waals surface area contributed by atoms with E-state index in [1.807, 2.05) is 17.9 Å². The highest BCUT2D eigenvalue weighted by Crippen LogP contribution is 2.51. The summed E-state index contributed by atoms with van der Waals surface area (Å²) in [5, 5.41) is 10.6. The number of likely N-dealkylation sites (tertiary alicyclic amines) is 1. The van der Waals surface area contributed by atoms with E-state index in [0.717, 1.165) is 41.7 Å². The van der Waals surface area contributed by atoms with Gasteiger partial charge in [0.15, 0.2) is 0 Å². The van der Waals surface area contributed by atoms with Gasteiger partial charge in [0, 0.05) is 36.4 Å². The number of ether oxygens (including phenoxy) is 1. The zero-order valence-electron chi connectivity index (χ0n) is 18.6. The second-order valence-electron chi connectivity index (χ2n) is 9.40. The van der Waals surface area contributed by atoms with Gasteiger partial charge < -0.3 is 24.5 Å². The van der Waals surface area contributed by atoms with Gasteiger partial charge in [-0.25, -0.2) is 14.6 Å². The summed E-state index contributed by atoms with van der Waals surface area (Å²) < 4.78 is 6.51. The number of pyridine rings is 2. The summed E-state index contributed by atoms with van der Waals surface area (Å²) in [4.78, 5) is 41.2. The zero-order chi connectivity index (χ0) is 22.9. The van der Waals surface area contributed by atoms with Crippen LogP contribution in [0.15, 0.2) is 24.2 Å². The molecule has 3 unspecified atom stereocenters. The van der Waals surface area contributed by atoms with E-state index < -0.39 is 12.1 Å². The Morgan fingerprint density at radius 3 is 2.85 bits per heavy atom. The number of amides is 1. The second kappa shape index (κ2) is 7.33. The summed E-state index contributed by atoms with van der Waals surface area (Å²) >= 11 is 0. The van der Waals surface area contributed by atoms with Crippen molar-refractivity contribution in [2.75, 3.05) is 43.0 Å². The minimum Gasteiger partial charge on any atom is -0.469 e. The van der Waals surface area contributed by atoms with E-state index in [0.29, 0.717) is 24.7 Å². The number of aromatic nitrogens is 2. The smallest absolute Gasteiger partial charge is 0.407 e. The highest BCUT2D eigenvalue weighted by molar-refractivity contribution is 6.03. The fourth-order valence-electron chi connectivity index (χ4n) is 5.98. The van der Waals surface area contributed by atoms with Crippen molar-refractivity contribution in [3.05, 3.63) is 24.2 Å². The molecule has 0 spiro atoms. The molecule has 0 saturated carbocycles. The summed E-state index contributed by atoms with van der Waals surface area (Å²) in [5.74, 6) is 2.68. The van der Waals surface area contributed by atoms with Gasteiger partial charge in [-0.05, 0) is 39.4 Å². The van der Waals surface area contributed by atoms with Crippen LogP contribution in [0.4, 0.5) is 16.2 Å². The molecule has 172 valence electrons. The summed E-state index contributed by atoms with van der Waals surface area (Å²) in [7, 11) is 2.10. The van der Waals surface area contributed by atoms with E-state index in [9.17, 15) is 14.7 Å². The molecule has 10 heteroatoms. The highest BCUT2D eigenvalue weighted by Gasteiger charge is 2.49. The van der Waals surface area contributed by atoms with Crippen LogP contribution in [0, 0.1) is 0 Å². The van der Waals surface area contributed by atoms with Gasteiger partial charge in [-0.1, -0.05) is 0 Å². The standard InChI is InChI=1S/C23H26N6O4/c1-13-9-28-17(10-27(13)23(31)32)18(12-30)29-11-19(16-4-3-7-26(16)2)33-22-21(29)20(28)14-8-24-6-5-15(14)25-22/h5-6,8,13,16-17,19H,3-4,7,9-11H2,1-2H3,(H,31,32)/t13?,16-,17?,19?/m0/s1. The number of rotatable bonds is 1. The predicted molar refractivity (Wildman–Crippen MR) is 121 cm³/mol. The number of piperazine rings is 1. The average Bonchev–Trinajstić information content (AvgIpc) is 3.24.